The standard InChI is InChI=1S/C15H15NO3/c1-10-4-5-16-14(6-10)15(17)11-7-12(18-2)9-13(8-11)19-3/h4-9H,1-3H3. The molecule has 0 bridgehead atoms. The third-order valence-corrected chi connectivity index (χ3v) is 2.76. The molecule has 0 fully saturated rings. The van der Waals surface area contributed by atoms with Crippen LogP contribution in [0.4, 0.5) is 0 Å². The van der Waals surface area contributed by atoms with E-state index in [1.54, 1.807) is 44.7 Å². The molecule has 0 saturated carbocycles. The smallest absolute Gasteiger partial charge is 0.211 e. The first-order valence-corrected chi connectivity index (χ1v) is 5.84. The van der Waals surface area contributed by atoms with Crippen LogP contribution in [0.5, 0.6) is 11.5 Å². The molecule has 0 atom stereocenters. The molecule has 0 aliphatic heterocycles. The molecule has 1 aromatic carbocycles. The molecule has 0 saturated heterocycles. The summed E-state index contributed by atoms with van der Waals surface area (Å²) >= 11 is 0. The van der Waals surface area contributed by atoms with E-state index in [1.807, 2.05) is 13.0 Å². The molecular formula is C15H15NO3. The Morgan fingerprint density at radius 2 is 1.68 bits per heavy atom. The van der Waals surface area contributed by atoms with Crippen molar-refractivity contribution in [1.82, 2.24) is 4.98 Å². The molecule has 0 unspecified atom stereocenters. The van der Waals surface area contributed by atoms with E-state index in [1.165, 1.54) is 0 Å². The number of hydrogen-bond donors (Lipinski definition) is 0. The lowest BCUT2D eigenvalue weighted by Crippen LogP contribution is -2.05. The molecule has 4 nitrogen and oxygen atoms in total. The number of carbonyl (C=O) groups excluding carboxylic acids is 1. The molecule has 4 heteroatoms. The number of rotatable bonds is 4. The fraction of sp³-hybridized carbons (Fsp3) is 0.200. The maximum absolute atomic E-state index is 12.4. The quantitative estimate of drug-likeness (QED) is 0.790. The van der Waals surface area contributed by atoms with Crippen LogP contribution in [0.25, 0.3) is 0 Å². The highest BCUT2D eigenvalue weighted by molar-refractivity contribution is 6.08. The number of ether oxygens (including phenoxy) is 2. The number of aromatic nitrogens is 1. The van der Waals surface area contributed by atoms with Crippen molar-refractivity contribution < 1.29 is 14.3 Å². The molecule has 1 heterocycles. The van der Waals surface area contributed by atoms with Gasteiger partial charge < -0.3 is 9.47 Å². The molecule has 0 spiro atoms. The van der Waals surface area contributed by atoms with E-state index in [0.29, 0.717) is 22.8 Å². The third kappa shape index (κ3) is 2.91. The van der Waals surface area contributed by atoms with Crippen molar-refractivity contribution in [3.05, 3.63) is 53.3 Å². The van der Waals surface area contributed by atoms with Gasteiger partial charge in [-0.3, -0.25) is 9.78 Å². The van der Waals surface area contributed by atoms with E-state index >= 15 is 0 Å². The van der Waals surface area contributed by atoms with Crippen LogP contribution in [-0.2, 0) is 0 Å². The van der Waals surface area contributed by atoms with Crippen LogP contribution in [0.3, 0.4) is 0 Å². The van der Waals surface area contributed by atoms with Gasteiger partial charge in [-0.15, -0.1) is 0 Å². The molecule has 0 aliphatic carbocycles. The van der Waals surface area contributed by atoms with E-state index in [9.17, 15) is 4.79 Å². The van der Waals surface area contributed by atoms with Crippen LogP contribution in [0.2, 0.25) is 0 Å². The zero-order chi connectivity index (χ0) is 13.8. The van der Waals surface area contributed by atoms with Gasteiger partial charge in [-0.2, -0.15) is 0 Å². The largest absolute Gasteiger partial charge is 0.497 e. The molecule has 98 valence electrons. The van der Waals surface area contributed by atoms with Gasteiger partial charge in [0.2, 0.25) is 5.78 Å². The Hall–Kier alpha value is -2.36. The van der Waals surface area contributed by atoms with Crippen molar-refractivity contribution in [3.63, 3.8) is 0 Å². The summed E-state index contributed by atoms with van der Waals surface area (Å²) in [6.07, 6.45) is 1.62. The SMILES string of the molecule is COc1cc(OC)cc(C(=O)c2cc(C)ccn2)c1. The van der Waals surface area contributed by atoms with Crippen molar-refractivity contribution in [2.45, 2.75) is 6.92 Å². The number of methoxy groups -OCH3 is 2. The normalized spacial score (nSPS) is 10.1. The molecule has 1 aromatic heterocycles. The molecule has 0 N–H and O–H groups in total. The summed E-state index contributed by atoms with van der Waals surface area (Å²) in [5.74, 6) is 1.01. The maximum atomic E-state index is 12.4. The van der Waals surface area contributed by atoms with E-state index in [2.05, 4.69) is 4.98 Å². The van der Waals surface area contributed by atoms with E-state index in [4.69, 9.17) is 9.47 Å². The summed E-state index contributed by atoms with van der Waals surface area (Å²) in [5, 5.41) is 0. The average Bonchev–Trinajstić information content (AvgIpc) is 2.45. The highest BCUT2D eigenvalue weighted by Crippen LogP contribution is 2.24. The highest BCUT2D eigenvalue weighted by Gasteiger charge is 2.13. The minimum Gasteiger partial charge on any atom is -0.497 e. The van der Waals surface area contributed by atoms with Crippen LogP contribution in [0.1, 0.15) is 21.6 Å². The zero-order valence-electron chi connectivity index (χ0n) is 11.1. The minimum atomic E-state index is -0.152. The number of benzene rings is 1. The minimum absolute atomic E-state index is 0.152. The lowest BCUT2D eigenvalue weighted by atomic mass is 10.1. The molecule has 0 amide bonds. The van der Waals surface area contributed by atoms with Crippen LogP contribution in [-0.4, -0.2) is 25.0 Å². The second kappa shape index (κ2) is 5.52. The Kier molecular flexibility index (Phi) is 3.80. The Labute approximate surface area is 112 Å². The molecule has 0 radical (unpaired) electrons. The Bertz CT molecular complexity index is 586. The number of carbonyl (C=O) groups is 1. The lowest BCUT2D eigenvalue weighted by molar-refractivity contribution is 0.103. The van der Waals surface area contributed by atoms with Crippen molar-refractivity contribution >= 4 is 5.78 Å². The second-order valence-corrected chi connectivity index (χ2v) is 4.15. The Morgan fingerprint density at radius 3 is 2.21 bits per heavy atom. The number of hydrogen-bond acceptors (Lipinski definition) is 4. The van der Waals surface area contributed by atoms with E-state index in [-0.39, 0.29) is 5.78 Å². The Balaban J connectivity index is 2.43. The van der Waals surface area contributed by atoms with Gasteiger partial charge in [0.05, 0.1) is 14.2 Å². The van der Waals surface area contributed by atoms with E-state index < -0.39 is 0 Å². The molecule has 19 heavy (non-hydrogen) atoms. The van der Waals surface area contributed by atoms with Crippen molar-refractivity contribution in [3.8, 4) is 11.5 Å². The number of pyridine rings is 1. The van der Waals surface area contributed by atoms with Crippen molar-refractivity contribution in [1.29, 1.82) is 0 Å². The lowest BCUT2D eigenvalue weighted by Gasteiger charge is -2.07. The predicted molar refractivity (Wildman–Crippen MR) is 72.0 cm³/mol. The first kappa shape index (κ1) is 13.1. The van der Waals surface area contributed by atoms with Crippen molar-refractivity contribution in [2.75, 3.05) is 14.2 Å². The molecule has 0 aliphatic rings. The topological polar surface area (TPSA) is 48.4 Å². The van der Waals surface area contributed by atoms with Crippen molar-refractivity contribution in [2.24, 2.45) is 0 Å². The summed E-state index contributed by atoms with van der Waals surface area (Å²) in [4.78, 5) is 16.5. The first-order valence-electron chi connectivity index (χ1n) is 5.84. The summed E-state index contributed by atoms with van der Waals surface area (Å²) in [6.45, 7) is 1.92. The third-order valence-electron chi connectivity index (χ3n) is 2.76. The highest BCUT2D eigenvalue weighted by atomic mass is 16.5. The van der Waals surface area contributed by atoms with Gasteiger partial charge >= 0.3 is 0 Å². The first-order chi connectivity index (χ1) is 9.13. The average molecular weight is 257 g/mol. The van der Waals surface area contributed by atoms with Gasteiger partial charge in [-0.05, 0) is 36.8 Å². The summed E-state index contributed by atoms with van der Waals surface area (Å²) in [7, 11) is 3.10. The molecular weight excluding hydrogens is 242 g/mol. The van der Waals surface area contributed by atoms with E-state index in [0.717, 1.165) is 5.56 Å². The summed E-state index contributed by atoms with van der Waals surface area (Å²) < 4.78 is 10.3. The van der Waals surface area contributed by atoms with Gasteiger partial charge in [-0.1, -0.05) is 0 Å². The zero-order valence-corrected chi connectivity index (χ0v) is 11.1. The van der Waals surface area contributed by atoms with Crippen LogP contribution >= 0.6 is 0 Å². The van der Waals surface area contributed by atoms with Gasteiger partial charge in [0.1, 0.15) is 17.2 Å². The van der Waals surface area contributed by atoms with Crippen LogP contribution in [0.15, 0.2) is 36.5 Å². The summed E-state index contributed by atoms with van der Waals surface area (Å²) in [6, 6.07) is 8.68. The van der Waals surface area contributed by atoms with Gasteiger partial charge in [-0.25, -0.2) is 0 Å². The second-order valence-electron chi connectivity index (χ2n) is 4.15. The fourth-order valence-corrected chi connectivity index (χ4v) is 1.75. The fourth-order valence-electron chi connectivity index (χ4n) is 1.75. The Morgan fingerprint density at radius 1 is 1.05 bits per heavy atom. The number of ketones is 1. The monoisotopic (exact) mass is 257 g/mol. The maximum Gasteiger partial charge on any atom is 0.211 e. The number of aryl methyl sites for hydroxylation is 1. The van der Waals surface area contributed by atoms with Gasteiger partial charge in [0, 0.05) is 17.8 Å². The van der Waals surface area contributed by atoms with Gasteiger partial charge in [0.25, 0.3) is 0 Å². The predicted octanol–water partition coefficient (Wildman–Crippen LogP) is 2.64. The number of nitrogens with zero attached hydrogens (tertiary/aromatic N) is 1. The molecule has 2 rings (SSSR count). The van der Waals surface area contributed by atoms with Crippen LogP contribution in [0, 0.1) is 6.92 Å². The van der Waals surface area contributed by atoms with Gasteiger partial charge in [0.15, 0.2) is 0 Å². The molecule has 2 aromatic rings. The summed E-state index contributed by atoms with van der Waals surface area (Å²) in [5.41, 5.74) is 1.90. The van der Waals surface area contributed by atoms with Crippen LogP contribution < -0.4 is 9.47 Å².